The van der Waals surface area contributed by atoms with Crippen LogP contribution in [0.3, 0.4) is 0 Å². The van der Waals surface area contributed by atoms with E-state index in [9.17, 15) is 0 Å². The van der Waals surface area contributed by atoms with E-state index >= 15 is 0 Å². The van der Waals surface area contributed by atoms with E-state index in [1.807, 2.05) is 0 Å². The highest BCUT2D eigenvalue weighted by Gasteiger charge is 2.42. The molecule has 0 bridgehead atoms. The van der Waals surface area contributed by atoms with Gasteiger partial charge < -0.3 is 8.85 Å². The zero-order valence-corrected chi connectivity index (χ0v) is 19.5. The molecule has 2 atom stereocenters. The lowest BCUT2D eigenvalue weighted by atomic mass is 9.95. The third kappa shape index (κ3) is 5.32. The summed E-state index contributed by atoms with van der Waals surface area (Å²) in [6.07, 6.45) is 9.91. The Morgan fingerprint density at radius 3 is 1.83 bits per heavy atom. The molecule has 0 saturated carbocycles. The van der Waals surface area contributed by atoms with E-state index in [2.05, 4.69) is 79.7 Å². The predicted molar refractivity (Wildman–Crippen MR) is 110 cm³/mol. The topological polar surface area (TPSA) is 18.5 Å². The van der Waals surface area contributed by atoms with Crippen molar-refractivity contribution in [2.75, 3.05) is 0 Å². The van der Waals surface area contributed by atoms with Gasteiger partial charge in [-0.2, -0.15) is 0 Å². The van der Waals surface area contributed by atoms with E-state index in [1.165, 1.54) is 0 Å². The van der Waals surface area contributed by atoms with Gasteiger partial charge in [0.1, 0.15) is 0 Å². The van der Waals surface area contributed by atoms with Crippen LogP contribution in [0.25, 0.3) is 0 Å². The van der Waals surface area contributed by atoms with E-state index in [-0.39, 0.29) is 22.3 Å². The summed E-state index contributed by atoms with van der Waals surface area (Å²) in [5.74, 6) is 2.84. The lowest BCUT2D eigenvalue weighted by Crippen LogP contribution is -2.48. The van der Waals surface area contributed by atoms with Crippen LogP contribution >= 0.6 is 0 Å². The molecule has 0 saturated heterocycles. The number of hydrogen-bond donors (Lipinski definition) is 0. The first-order valence-corrected chi connectivity index (χ1v) is 14.9. The Kier molecular flexibility index (Phi) is 6.43. The summed E-state index contributed by atoms with van der Waals surface area (Å²) in [4.78, 5) is 0. The smallest absolute Gasteiger partial charge is 0.192 e. The zero-order valence-electron chi connectivity index (χ0n) is 17.5. The van der Waals surface area contributed by atoms with Crippen LogP contribution in [-0.4, -0.2) is 28.8 Å². The van der Waals surface area contributed by atoms with Crippen molar-refractivity contribution in [2.24, 2.45) is 0 Å². The van der Waals surface area contributed by atoms with E-state index in [0.717, 1.165) is 18.4 Å². The molecule has 0 aromatic carbocycles. The molecule has 0 N–H and O–H groups in total. The molecule has 0 spiro atoms. The first kappa shape index (κ1) is 21.7. The van der Waals surface area contributed by atoms with Crippen LogP contribution in [0, 0.1) is 12.3 Å². The highest BCUT2D eigenvalue weighted by Crippen LogP contribution is 2.41. The molecular formula is C20H38O2Si2. The van der Waals surface area contributed by atoms with Gasteiger partial charge in [-0.3, -0.25) is 0 Å². The Morgan fingerprint density at radius 1 is 0.958 bits per heavy atom. The van der Waals surface area contributed by atoms with Crippen molar-refractivity contribution < 1.29 is 8.85 Å². The van der Waals surface area contributed by atoms with Crippen molar-refractivity contribution in [2.45, 2.75) is 103 Å². The van der Waals surface area contributed by atoms with Crippen molar-refractivity contribution in [3.8, 4) is 12.3 Å². The molecular weight excluding hydrogens is 328 g/mol. The second-order valence-electron chi connectivity index (χ2n) is 10.2. The zero-order chi connectivity index (χ0) is 19.0. The molecule has 1 aliphatic carbocycles. The predicted octanol–water partition coefficient (Wildman–Crippen LogP) is 6.12. The quantitative estimate of drug-likeness (QED) is 0.441. The highest BCUT2D eigenvalue weighted by molar-refractivity contribution is 6.74. The fourth-order valence-corrected chi connectivity index (χ4v) is 5.02. The minimum absolute atomic E-state index is 0.0838. The largest absolute Gasteiger partial charge is 0.413 e. The monoisotopic (exact) mass is 366 g/mol. The van der Waals surface area contributed by atoms with Gasteiger partial charge in [-0.1, -0.05) is 47.5 Å². The normalized spacial score (nSPS) is 23.6. The Hall–Kier alpha value is -0.346. The second-order valence-corrected chi connectivity index (χ2v) is 19.7. The van der Waals surface area contributed by atoms with E-state index in [1.54, 1.807) is 0 Å². The van der Waals surface area contributed by atoms with Crippen molar-refractivity contribution in [3.05, 3.63) is 11.6 Å². The fraction of sp³-hybridized carbons (Fsp3) is 0.800. The standard InChI is InChI=1S/C20H38O2Si2/c1-12-16-13-17(21-23(8,9)19(2,3)4)15-18(14-16)22-24(10,11)20(5,6)7/h1,13,17-18H,14-15H2,2-11H3/t17-,18-/m1/s1. The lowest BCUT2D eigenvalue weighted by Gasteiger charge is -2.43. The maximum Gasteiger partial charge on any atom is 0.192 e. The minimum Gasteiger partial charge on any atom is -0.413 e. The average molecular weight is 367 g/mol. The van der Waals surface area contributed by atoms with Crippen LogP contribution in [0.15, 0.2) is 11.6 Å². The van der Waals surface area contributed by atoms with Gasteiger partial charge in [-0.05, 0) is 42.3 Å². The van der Waals surface area contributed by atoms with E-state index < -0.39 is 16.6 Å². The van der Waals surface area contributed by atoms with Crippen LogP contribution in [0.2, 0.25) is 36.3 Å². The molecule has 0 aromatic heterocycles. The second kappa shape index (κ2) is 7.11. The number of hydrogen-bond acceptors (Lipinski definition) is 2. The van der Waals surface area contributed by atoms with Gasteiger partial charge in [0.05, 0.1) is 12.2 Å². The fourth-order valence-electron chi connectivity index (χ4n) is 2.38. The molecule has 0 aliphatic heterocycles. The van der Waals surface area contributed by atoms with Gasteiger partial charge in [0.15, 0.2) is 16.6 Å². The summed E-state index contributed by atoms with van der Waals surface area (Å²) in [6.45, 7) is 22.9. The third-order valence-electron chi connectivity index (χ3n) is 6.03. The molecule has 0 radical (unpaired) electrons. The average Bonchev–Trinajstić information content (AvgIpc) is 2.34. The van der Waals surface area contributed by atoms with Crippen LogP contribution in [0.1, 0.15) is 54.4 Å². The molecule has 4 heteroatoms. The van der Waals surface area contributed by atoms with Crippen LogP contribution in [0.4, 0.5) is 0 Å². The van der Waals surface area contributed by atoms with E-state index in [4.69, 9.17) is 15.3 Å². The maximum atomic E-state index is 6.64. The molecule has 24 heavy (non-hydrogen) atoms. The van der Waals surface area contributed by atoms with Gasteiger partial charge >= 0.3 is 0 Å². The van der Waals surface area contributed by atoms with Gasteiger partial charge in [-0.25, -0.2) is 0 Å². The maximum absolute atomic E-state index is 6.64. The highest BCUT2D eigenvalue weighted by atomic mass is 28.4. The summed E-state index contributed by atoms with van der Waals surface area (Å²) in [6, 6.07) is 0. The Balaban J connectivity index is 2.93. The van der Waals surface area contributed by atoms with Gasteiger partial charge in [0, 0.05) is 18.4 Å². The third-order valence-corrected chi connectivity index (χ3v) is 15.1. The van der Waals surface area contributed by atoms with Gasteiger partial charge in [-0.15, -0.1) is 6.42 Å². The van der Waals surface area contributed by atoms with Crippen molar-refractivity contribution in [3.63, 3.8) is 0 Å². The summed E-state index contributed by atoms with van der Waals surface area (Å²) < 4.78 is 13.3. The molecule has 1 rings (SSSR count). The summed E-state index contributed by atoms with van der Waals surface area (Å²) in [7, 11) is -3.62. The van der Waals surface area contributed by atoms with Crippen molar-refractivity contribution in [1.29, 1.82) is 0 Å². The van der Waals surface area contributed by atoms with Gasteiger partial charge in [0.2, 0.25) is 0 Å². The first-order valence-electron chi connectivity index (χ1n) is 9.12. The molecule has 0 fully saturated rings. The molecule has 2 nitrogen and oxygen atoms in total. The molecule has 138 valence electrons. The number of rotatable bonds is 4. The van der Waals surface area contributed by atoms with E-state index in [0.29, 0.717) is 0 Å². The summed E-state index contributed by atoms with van der Waals surface area (Å²) in [5.41, 5.74) is 1.04. The molecule has 0 heterocycles. The van der Waals surface area contributed by atoms with Crippen LogP contribution in [0.5, 0.6) is 0 Å². The summed E-state index contributed by atoms with van der Waals surface area (Å²) in [5, 5.41) is 0.407. The van der Waals surface area contributed by atoms with Crippen molar-refractivity contribution >= 4 is 16.6 Å². The molecule has 1 aliphatic rings. The summed E-state index contributed by atoms with van der Waals surface area (Å²) >= 11 is 0. The molecule has 0 amide bonds. The molecule has 0 unspecified atom stereocenters. The van der Waals surface area contributed by atoms with Gasteiger partial charge in [0.25, 0.3) is 0 Å². The first-order chi connectivity index (χ1) is 10.6. The Bertz CT molecular complexity index is 513. The van der Waals surface area contributed by atoms with Crippen LogP contribution < -0.4 is 0 Å². The van der Waals surface area contributed by atoms with Crippen LogP contribution in [-0.2, 0) is 8.85 Å². The molecule has 0 aromatic rings. The SMILES string of the molecule is C#CC1=C[C@@H](O[Si](C)(C)C(C)(C)C)C[C@H](O[Si](C)(C)C(C)(C)C)C1. The number of terminal acetylenes is 1. The minimum atomic E-state index is -1.82. The van der Waals surface area contributed by atoms with Crippen molar-refractivity contribution in [1.82, 2.24) is 0 Å². The Morgan fingerprint density at radius 2 is 1.42 bits per heavy atom. The lowest BCUT2D eigenvalue weighted by molar-refractivity contribution is 0.106. The Labute approximate surface area is 152 Å².